The molecule has 0 fully saturated rings. The van der Waals surface area contributed by atoms with Crippen LogP contribution in [0.3, 0.4) is 0 Å². The molecule has 0 N–H and O–H groups in total. The minimum absolute atomic E-state index is 0.167. The van der Waals surface area contributed by atoms with Gasteiger partial charge in [-0.05, 0) is 24.9 Å². The highest BCUT2D eigenvalue weighted by Gasteiger charge is 1.92. The van der Waals surface area contributed by atoms with Crippen molar-refractivity contribution in [3.8, 4) is 0 Å². The normalized spacial score (nSPS) is 9.83. The average Bonchev–Trinajstić information content (AvgIpc) is 2.02. The predicted octanol–water partition coefficient (Wildman–Crippen LogP) is 2.47. The van der Waals surface area contributed by atoms with Gasteiger partial charge >= 0.3 is 5.97 Å². The lowest BCUT2D eigenvalue weighted by Gasteiger charge is -2.01. The summed E-state index contributed by atoms with van der Waals surface area (Å²) in [5.41, 5.74) is 0. The molecule has 0 aromatic carbocycles. The molecule has 0 saturated heterocycles. The van der Waals surface area contributed by atoms with E-state index < -0.39 is 0 Å². The number of carbonyl (C=O) groups is 1. The number of esters is 1. The van der Waals surface area contributed by atoms with E-state index in [0.717, 1.165) is 6.42 Å². The molecule has 0 aromatic rings. The summed E-state index contributed by atoms with van der Waals surface area (Å²) in [6.07, 6.45) is 6.84. The first-order chi connectivity index (χ1) is 5.77. The van der Waals surface area contributed by atoms with Crippen molar-refractivity contribution in [2.45, 2.75) is 32.6 Å². The van der Waals surface area contributed by atoms with Crippen molar-refractivity contribution in [1.82, 2.24) is 0 Å². The number of rotatable bonds is 7. The van der Waals surface area contributed by atoms with Crippen LogP contribution in [0.4, 0.5) is 0 Å². The Labute approximate surface area is 79.1 Å². The van der Waals surface area contributed by atoms with Crippen LogP contribution < -0.4 is 0 Å². The number of unbranched alkanes of at least 4 members (excludes halogenated alkanes) is 3. The van der Waals surface area contributed by atoms with Gasteiger partial charge in [0.15, 0.2) is 0 Å². The number of thioether (sulfide) groups is 1. The molecule has 0 amide bonds. The molecular formula is C9H18O2S. The highest BCUT2D eigenvalue weighted by atomic mass is 32.2. The fourth-order valence-electron chi connectivity index (χ4n) is 0.918. The first kappa shape index (κ1) is 11.8. The zero-order chi connectivity index (χ0) is 9.23. The Morgan fingerprint density at radius 2 is 1.92 bits per heavy atom. The van der Waals surface area contributed by atoms with Gasteiger partial charge in [-0.25, -0.2) is 0 Å². The SMILES string of the molecule is CSCCCCCCOC(C)=O. The number of hydrogen-bond acceptors (Lipinski definition) is 3. The van der Waals surface area contributed by atoms with Gasteiger partial charge in [0.1, 0.15) is 0 Å². The molecule has 0 aliphatic rings. The maximum Gasteiger partial charge on any atom is 0.302 e. The summed E-state index contributed by atoms with van der Waals surface area (Å²) in [5.74, 6) is 1.08. The van der Waals surface area contributed by atoms with Crippen LogP contribution in [0.5, 0.6) is 0 Å². The Balaban J connectivity index is 2.86. The fourth-order valence-corrected chi connectivity index (χ4v) is 1.41. The van der Waals surface area contributed by atoms with Crippen LogP contribution in [-0.4, -0.2) is 24.6 Å². The molecule has 0 spiro atoms. The van der Waals surface area contributed by atoms with E-state index in [1.54, 1.807) is 0 Å². The van der Waals surface area contributed by atoms with E-state index in [0.29, 0.717) is 6.61 Å². The molecule has 0 heterocycles. The Morgan fingerprint density at radius 3 is 2.50 bits per heavy atom. The standard InChI is InChI=1S/C9H18O2S/c1-9(10)11-7-5-3-4-6-8-12-2/h3-8H2,1-2H3. The molecule has 0 aliphatic carbocycles. The van der Waals surface area contributed by atoms with Crippen molar-refractivity contribution >= 4 is 17.7 Å². The molecule has 0 bridgehead atoms. The Hall–Kier alpha value is -0.180. The number of carbonyl (C=O) groups excluding carboxylic acids is 1. The third kappa shape index (κ3) is 9.82. The summed E-state index contributed by atoms with van der Waals surface area (Å²) >= 11 is 1.88. The van der Waals surface area contributed by atoms with E-state index in [9.17, 15) is 4.79 Å². The van der Waals surface area contributed by atoms with Crippen LogP contribution in [0.25, 0.3) is 0 Å². The van der Waals surface area contributed by atoms with Crippen LogP contribution >= 0.6 is 11.8 Å². The molecule has 0 aliphatic heterocycles. The largest absolute Gasteiger partial charge is 0.466 e. The van der Waals surface area contributed by atoms with Crippen LogP contribution in [0.1, 0.15) is 32.6 Å². The van der Waals surface area contributed by atoms with Gasteiger partial charge in [-0.3, -0.25) is 4.79 Å². The van der Waals surface area contributed by atoms with Crippen LogP contribution in [0.15, 0.2) is 0 Å². The highest BCUT2D eigenvalue weighted by Crippen LogP contribution is 2.04. The Kier molecular flexibility index (Phi) is 8.78. The van der Waals surface area contributed by atoms with Gasteiger partial charge in [0.05, 0.1) is 6.61 Å². The lowest BCUT2D eigenvalue weighted by atomic mass is 10.2. The second kappa shape index (κ2) is 8.91. The maximum atomic E-state index is 10.4. The minimum Gasteiger partial charge on any atom is -0.466 e. The van der Waals surface area contributed by atoms with Crippen molar-refractivity contribution < 1.29 is 9.53 Å². The molecule has 3 heteroatoms. The van der Waals surface area contributed by atoms with Gasteiger partial charge in [-0.2, -0.15) is 11.8 Å². The smallest absolute Gasteiger partial charge is 0.302 e. The summed E-state index contributed by atoms with van der Waals surface area (Å²) in [7, 11) is 0. The van der Waals surface area contributed by atoms with Gasteiger partial charge < -0.3 is 4.74 Å². The molecule has 0 saturated carbocycles. The molecule has 2 nitrogen and oxygen atoms in total. The summed E-state index contributed by atoms with van der Waals surface area (Å²) in [5, 5.41) is 0. The maximum absolute atomic E-state index is 10.4. The molecule has 0 radical (unpaired) electrons. The monoisotopic (exact) mass is 190 g/mol. The quantitative estimate of drug-likeness (QED) is 0.455. The second-order valence-corrected chi connectivity index (χ2v) is 3.73. The molecule has 0 unspecified atom stereocenters. The Bertz CT molecular complexity index is 115. The van der Waals surface area contributed by atoms with Gasteiger partial charge in [0.25, 0.3) is 0 Å². The third-order valence-electron chi connectivity index (χ3n) is 1.55. The van der Waals surface area contributed by atoms with Crippen LogP contribution in [0, 0.1) is 0 Å². The number of ether oxygens (including phenoxy) is 1. The lowest BCUT2D eigenvalue weighted by Crippen LogP contribution is -2.00. The Morgan fingerprint density at radius 1 is 1.25 bits per heavy atom. The van der Waals surface area contributed by atoms with E-state index in [1.807, 2.05) is 11.8 Å². The molecule has 0 atom stereocenters. The van der Waals surface area contributed by atoms with E-state index >= 15 is 0 Å². The van der Waals surface area contributed by atoms with Crippen molar-refractivity contribution in [2.75, 3.05) is 18.6 Å². The summed E-state index contributed by atoms with van der Waals surface area (Å²) in [6.45, 7) is 2.04. The van der Waals surface area contributed by atoms with Crippen molar-refractivity contribution in [3.63, 3.8) is 0 Å². The molecule has 72 valence electrons. The minimum atomic E-state index is -0.167. The van der Waals surface area contributed by atoms with Crippen molar-refractivity contribution in [3.05, 3.63) is 0 Å². The zero-order valence-corrected chi connectivity index (χ0v) is 8.78. The highest BCUT2D eigenvalue weighted by molar-refractivity contribution is 7.98. The summed E-state index contributed by atoms with van der Waals surface area (Å²) < 4.78 is 4.80. The van der Waals surface area contributed by atoms with Gasteiger partial charge in [0, 0.05) is 6.92 Å². The molecular weight excluding hydrogens is 172 g/mol. The van der Waals surface area contributed by atoms with E-state index in [-0.39, 0.29) is 5.97 Å². The summed E-state index contributed by atoms with van der Waals surface area (Å²) in [4.78, 5) is 10.4. The first-order valence-electron chi connectivity index (χ1n) is 4.39. The van der Waals surface area contributed by atoms with Crippen LogP contribution in [0.2, 0.25) is 0 Å². The van der Waals surface area contributed by atoms with E-state index in [1.165, 1.54) is 31.9 Å². The lowest BCUT2D eigenvalue weighted by molar-refractivity contribution is -0.141. The fraction of sp³-hybridized carbons (Fsp3) is 0.889. The van der Waals surface area contributed by atoms with E-state index in [4.69, 9.17) is 4.74 Å². The van der Waals surface area contributed by atoms with Crippen molar-refractivity contribution in [1.29, 1.82) is 0 Å². The third-order valence-corrected chi connectivity index (χ3v) is 2.25. The van der Waals surface area contributed by atoms with E-state index in [2.05, 4.69) is 6.26 Å². The predicted molar refractivity (Wildman–Crippen MR) is 53.5 cm³/mol. The average molecular weight is 190 g/mol. The first-order valence-corrected chi connectivity index (χ1v) is 5.79. The second-order valence-electron chi connectivity index (χ2n) is 2.75. The molecule has 12 heavy (non-hydrogen) atoms. The van der Waals surface area contributed by atoms with Crippen LogP contribution in [-0.2, 0) is 9.53 Å². The van der Waals surface area contributed by atoms with Gasteiger partial charge in [-0.1, -0.05) is 12.8 Å². The van der Waals surface area contributed by atoms with Crippen molar-refractivity contribution in [2.24, 2.45) is 0 Å². The van der Waals surface area contributed by atoms with Gasteiger partial charge in [-0.15, -0.1) is 0 Å². The molecule has 0 aromatic heterocycles. The molecule has 0 rings (SSSR count). The number of hydrogen-bond donors (Lipinski definition) is 0. The zero-order valence-electron chi connectivity index (χ0n) is 7.97. The van der Waals surface area contributed by atoms with Gasteiger partial charge in [0.2, 0.25) is 0 Å². The topological polar surface area (TPSA) is 26.3 Å². The summed E-state index contributed by atoms with van der Waals surface area (Å²) in [6, 6.07) is 0.